The number of hydrogen-bond acceptors (Lipinski definition) is 4. The molecule has 5 aromatic rings. The van der Waals surface area contributed by atoms with Crippen LogP contribution in [0.3, 0.4) is 0 Å². The summed E-state index contributed by atoms with van der Waals surface area (Å²) >= 11 is 0. The minimum Gasteiger partial charge on any atom is -0.422 e. The van der Waals surface area contributed by atoms with Crippen LogP contribution in [0.4, 0.5) is 5.69 Å². The van der Waals surface area contributed by atoms with E-state index in [1.165, 1.54) is 12.1 Å². The molecule has 0 atom stereocenters. The minimum absolute atomic E-state index is 0.127. The molecule has 0 saturated carbocycles. The Bertz CT molecular complexity index is 1460. The predicted molar refractivity (Wildman–Crippen MR) is 105 cm³/mol. The second kappa shape index (κ2) is 5.41. The van der Waals surface area contributed by atoms with Crippen molar-refractivity contribution in [2.24, 2.45) is 0 Å². The quantitative estimate of drug-likeness (QED) is 0.193. The topological polar surface area (TPSA) is 78.3 Å². The molecule has 6 heteroatoms. The van der Waals surface area contributed by atoms with Crippen LogP contribution in [0.1, 0.15) is 6.92 Å². The summed E-state index contributed by atoms with van der Waals surface area (Å²) in [6.45, 7) is 2.89. The molecule has 0 unspecified atom stereocenters. The van der Waals surface area contributed by atoms with Gasteiger partial charge in [0.25, 0.3) is 5.69 Å². The van der Waals surface area contributed by atoms with Gasteiger partial charge in [0.05, 0.1) is 10.3 Å². The third-order valence-electron chi connectivity index (χ3n) is 5.12. The molecule has 0 fully saturated rings. The van der Waals surface area contributed by atoms with E-state index in [1.54, 1.807) is 12.1 Å². The molecule has 0 aliphatic rings. The van der Waals surface area contributed by atoms with Gasteiger partial charge in [-0.25, -0.2) is 4.79 Å². The fraction of sp³-hybridized carbons (Fsp3) is 0.0952. The third kappa shape index (κ3) is 2.04. The number of hydrogen-bond donors (Lipinski definition) is 0. The van der Waals surface area contributed by atoms with E-state index in [0.29, 0.717) is 11.0 Å². The molecule has 2 aromatic heterocycles. The molecule has 0 radical (unpaired) electrons. The zero-order valence-electron chi connectivity index (χ0n) is 14.4. The number of benzene rings is 3. The highest BCUT2D eigenvalue weighted by Crippen LogP contribution is 2.37. The lowest BCUT2D eigenvalue weighted by molar-refractivity contribution is -0.384. The van der Waals surface area contributed by atoms with E-state index in [-0.39, 0.29) is 11.1 Å². The average Bonchev–Trinajstić information content (AvgIpc) is 3.01. The number of aromatic nitrogens is 1. The molecule has 27 heavy (non-hydrogen) atoms. The van der Waals surface area contributed by atoms with Gasteiger partial charge in [0, 0.05) is 51.3 Å². The van der Waals surface area contributed by atoms with Crippen LogP contribution in [0.5, 0.6) is 0 Å². The van der Waals surface area contributed by atoms with E-state index in [1.807, 2.05) is 24.3 Å². The lowest BCUT2D eigenvalue weighted by atomic mass is 10.0. The summed E-state index contributed by atoms with van der Waals surface area (Å²) in [5.41, 5.74) is 1.92. The van der Waals surface area contributed by atoms with Gasteiger partial charge < -0.3 is 8.98 Å². The van der Waals surface area contributed by atoms with Crippen molar-refractivity contribution in [1.82, 2.24) is 4.57 Å². The van der Waals surface area contributed by atoms with Gasteiger partial charge in [-0.05, 0) is 31.2 Å². The number of para-hydroxylation sites is 1. The largest absolute Gasteiger partial charge is 0.422 e. The van der Waals surface area contributed by atoms with Gasteiger partial charge in [0.1, 0.15) is 5.58 Å². The summed E-state index contributed by atoms with van der Waals surface area (Å²) in [5, 5.41) is 14.9. The Hall–Kier alpha value is -3.67. The molecule has 0 saturated heterocycles. The Labute approximate surface area is 152 Å². The van der Waals surface area contributed by atoms with Crippen LogP contribution in [0.15, 0.2) is 63.8 Å². The monoisotopic (exact) mass is 358 g/mol. The van der Waals surface area contributed by atoms with E-state index in [0.717, 1.165) is 33.7 Å². The summed E-state index contributed by atoms with van der Waals surface area (Å²) < 4.78 is 7.74. The highest BCUT2D eigenvalue weighted by Gasteiger charge is 2.18. The predicted octanol–water partition coefficient (Wildman–Crippen LogP) is 4.98. The van der Waals surface area contributed by atoms with Gasteiger partial charge in [-0.1, -0.05) is 18.2 Å². The van der Waals surface area contributed by atoms with Gasteiger partial charge in [-0.2, -0.15) is 0 Å². The lowest BCUT2D eigenvalue weighted by Gasteiger charge is -2.06. The van der Waals surface area contributed by atoms with Gasteiger partial charge in [-0.3, -0.25) is 10.1 Å². The molecule has 0 N–H and O–H groups in total. The maximum absolute atomic E-state index is 12.4. The molecule has 5 rings (SSSR count). The maximum atomic E-state index is 12.4. The molecular formula is C21H14N2O4. The van der Waals surface area contributed by atoms with E-state index in [9.17, 15) is 14.9 Å². The Morgan fingerprint density at radius 2 is 1.78 bits per heavy atom. The number of aryl methyl sites for hydroxylation is 1. The second-order valence-electron chi connectivity index (χ2n) is 6.47. The second-order valence-corrected chi connectivity index (χ2v) is 6.47. The van der Waals surface area contributed by atoms with Crippen LogP contribution in [0, 0.1) is 10.1 Å². The van der Waals surface area contributed by atoms with Crippen LogP contribution in [-0.2, 0) is 6.54 Å². The van der Waals surface area contributed by atoms with Crippen molar-refractivity contribution < 1.29 is 9.34 Å². The molecular weight excluding hydrogens is 344 g/mol. The van der Waals surface area contributed by atoms with Crippen molar-refractivity contribution in [2.75, 3.05) is 0 Å². The molecule has 0 amide bonds. The first kappa shape index (κ1) is 15.6. The Balaban J connectivity index is 2.10. The van der Waals surface area contributed by atoms with Gasteiger partial charge in [-0.15, -0.1) is 0 Å². The molecule has 0 aliphatic carbocycles. The Morgan fingerprint density at radius 1 is 0.963 bits per heavy atom. The Kier molecular flexibility index (Phi) is 3.12. The van der Waals surface area contributed by atoms with Crippen LogP contribution in [0.25, 0.3) is 43.5 Å². The van der Waals surface area contributed by atoms with E-state index < -0.39 is 10.5 Å². The molecule has 2 heterocycles. The summed E-state index contributed by atoms with van der Waals surface area (Å²) in [4.78, 5) is 23.0. The molecule has 132 valence electrons. The lowest BCUT2D eigenvalue weighted by Crippen LogP contribution is -2.01. The first-order valence-corrected chi connectivity index (χ1v) is 8.65. The highest BCUT2D eigenvalue weighted by molar-refractivity contribution is 6.26. The Morgan fingerprint density at radius 3 is 2.56 bits per heavy atom. The van der Waals surface area contributed by atoms with Crippen molar-refractivity contribution in [3.63, 3.8) is 0 Å². The molecule has 3 aromatic carbocycles. The summed E-state index contributed by atoms with van der Waals surface area (Å²) in [6.07, 6.45) is 0. The van der Waals surface area contributed by atoms with Crippen molar-refractivity contribution in [1.29, 1.82) is 0 Å². The van der Waals surface area contributed by atoms with Crippen molar-refractivity contribution >= 4 is 49.2 Å². The number of fused-ring (bicyclic) bond motifs is 7. The van der Waals surface area contributed by atoms with E-state index in [4.69, 9.17) is 4.42 Å². The number of nitro benzene ring substituents is 1. The SMILES string of the molecule is CCn1c2ccccc2c2c3c(ccc21)oc(=O)c1cc([N+](=O)[O-])ccc13. The zero-order valence-corrected chi connectivity index (χ0v) is 14.4. The fourth-order valence-corrected chi connectivity index (χ4v) is 4.00. The van der Waals surface area contributed by atoms with Gasteiger partial charge in [0.15, 0.2) is 0 Å². The molecule has 0 bridgehead atoms. The summed E-state index contributed by atoms with van der Waals surface area (Å²) in [7, 11) is 0. The molecule has 0 spiro atoms. The maximum Gasteiger partial charge on any atom is 0.344 e. The standard InChI is InChI=1S/C21H14N2O4/c1-2-22-16-6-4-3-5-14(16)19-17(22)9-10-18-20(19)13-8-7-12(23(25)26)11-15(13)21(24)27-18/h3-11H,2H2,1H3. The summed E-state index contributed by atoms with van der Waals surface area (Å²) in [5.74, 6) is 0. The average molecular weight is 358 g/mol. The molecule has 6 nitrogen and oxygen atoms in total. The van der Waals surface area contributed by atoms with Crippen molar-refractivity contribution in [3.8, 4) is 0 Å². The zero-order chi connectivity index (χ0) is 18.7. The van der Waals surface area contributed by atoms with E-state index in [2.05, 4.69) is 17.6 Å². The number of non-ortho nitro benzene ring substituents is 1. The number of nitrogens with zero attached hydrogens (tertiary/aromatic N) is 2. The summed E-state index contributed by atoms with van der Waals surface area (Å²) in [6, 6.07) is 16.2. The van der Waals surface area contributed by atoms with Gasteiger partial charge in [0.2, 0.25) is 0 Å². The fourth-order valence-electron chi connectivity index (χ4n) is 4.00. The molecule has 0 aliphatic heterocycles. The number of nitro groups is 1. The van der Waals surface area contributed by atoms with Crippen LogP contribution in [0.2, 0.25) is 0 Å². The number of rotatable bonds is 2. The van der Waals surface area contributed by atoms with Crippen LogP contribution < -0.4 is 5.63 Å². The minimum atomic E-state index is -0.570. The van der Waals surface area contributed by atoms with Crippen molar-refractivity contribution in [2.45, 2.75) is 13.5 Å². The van der Waals surface area contributed by atoms with Crippen molar-refractivity contribution in [3.05, 3.63) is 75.1 Å². The van der Waals surface area contributed by atoms with Gasteiger partial charge >= 0.3 is 5.63 Å². The first-order chi connectivity index (χ1) is 13.1. The first-order valence-electron chi connectivity index (χ1n) is 8.65. The normalized spacial score (nSPS) is 11.7. The van der Waals surface area contributed by atoms with Crippen LogP contribution in [-0.4, -0.2) is 9.49 Å². The highest BCUT2D eigenvalue weighted by atomic mass is 16.6. The smallest absolute Gasteiger partial charge is 0.344 e. The third-order valence-corrected chi connectivity index (χ3v) is 5.12. The van der Waals surface area contributed by atoms with E-state index >= 15 is 0 Å². The van der Waals surface area contributed by atoms with Crippen LogP contribution >= 0.6 is 0 Å².